The number of esters is 2. The van der Waals surface area contributed by atoms with E-state index in [1.54, 1.807) is 0 Å². The van der Waals surface area contributed by atoms with Gasteiger partial charge in [0, 0.05) is 12.8 Å². The predicted molar refractivity (Wildman–Crippen MR) is 227 cm³/mol. The normalized spacial score (nSPS) is 14.1. The van der Waals surface area contributed by atoms with Gasteiger partial charge in [-0.25, -0.2) is 0 Å². The molecule has 0 amide bonds. The van der Waals surface area contributed by atoms with Crippen molar-refractivity contribution in [2.24, 2.45) is 0 Å². The van der Waals surface area contributed by atoms with Crippen LogP contribution in [0.25, 0.3) is 0 Å². The fourth-order valence-electron chi connectivity index (χ4n) is 5.59. The summed E-state index contributed by atoms with van der Waals surface area (Å²) < 4.78 is 33.8. The zero-order valence-corrected chi connectivity index (χ0v) is 36.8. The van der Waals surface area contributed by atoms with E-state index in [2.05, 4.69) is 62.5 Å². The van der Waals surface area contributed by atoms with E-state index in [1.165, 1.54) is 70.6 Å². The lowest BCUT2D eigenvalue weighted by atomic mass is 10.1. The molecule has 0 aliphatic heterocycles. The van der Waals surface area contributed by atoms with Gasteiger partial charge in [0.05, 0.1) is 27.7 Å². The highest BCUT2D eigenvalue weighted by Crippen LogP contribution is 2.38. The average Bonchev–Trinajstić information content (AvgIpc) is 3.13. The van der Waals surface area contributed by atoms with Crippen molar-refractivity contribution in [3.63, 3.8) is 0 Å². The smallest absolute Gasteiger partial charge is 0.306 e. The number of hydrogen-bond donors (Lipinski definition) is 0. The molecule has 0 aliphatic carbocycles. The molecule has 9 nitrogen and oxygen atoms in total. The van der Waals surface area contributed by atoms with E-state index >= 15 is 0 Å². The molecule has 55 heavy (non-hydrogen) atoms. The molecule has 0 spiro atoms. The molecular formula is C45H82NO8P. The van der Waals surface area contributed by atoms with Gasteiger partial charge in [0.2, 0.25) is 0 Å². The number of rotatable bonds is 39. The topological polar surface area (TPSA) is 111 Å². The van der Waals surface area contributed by atoms with Gasteiger partial charge in [-0.3, -0.25) is 14.2 Å². The Morgan fingerprint density at radius 2 is 1.02 bits per heavy atom. The van der Waals surface area contributed by atoms with Crippen LogP contribution in [0, 0.1) is 0 Å². The summed E-state index contributed by atoms with van der Waals surface area (Å²) >= 11 is 0. The van der Waals surface area contributed by atoms with E-state index < -0.39 is 32.5 Å². The Labute approximate surface area is 337 Å². The molecule has 10 heteroatoms. The van der Waals surface area contributed by atoms with Gasteiger partial charge in [0.15, 0.2) is 6.10 Å². The standard InChI is InChI=1S/C45H82NO8P/c1-6-8-10-12-14-16-18-20-22-23-24-26-28-30-32-34-36-38-45(48)54-43(42-53-55(49,50)52-40-39-46(3,4)5)41-51-44(47)37-35-33-31-29-27-25-21-19-17-15-13-11-9-7-2/h13,15,19,21,24,26,30,32,43H,6-12,14,16-18,20,22-23,25,27-29,31,33-42H2,1-5H3/b15-13+,21-19+,26-24+,32-30+/t43-/m1/s1. The van der Waals surface area contributed by atoms with Crippen molar-refractivity contribution < 1.29 is 42.1 Å². The lowest BCUT2D eigenvalue weighted by molar-refractivity contribution is -0.870. The van der Waals surface area contributed by atoms with Crippen molar-refractivity contribution in [1.82, 2.24) is 0 Å². The van der Waals surface area contributed by atoms with Crippen LogP contribution >= 0.6 is 7.82 Å². The zero-order valence-electron chi connectivity index (χ0n) is 35.9. The van der Waals surface area contributed by atoms with Crippen molar-refractivity contribution in [2.45, 2.75) is 180 Å². The molecule has 0 radical (unpaired) electrons. The highest BCUT2D eigenvalue weighted by Gasteiger charge is 2.21. The third kappa shape index (κ3) is 41.4. The van der Waals surface area contributed by atoms with Gasteiger partial charge in [-0.2, -0.15) is 0 Å². The minimum absolute atomic E-state index is 0.0418. The number of carbonyl (C=O) groups is 2. The molecule has 320 valence electrons. The fraction of sp³-hybridized carbons (Fsp3) is 0.778. The van der Waals surface area contributed by atoms with Crippen LogP contribution in [0.4, 0.5) is 0 Å². The predicted octanol–water partition coefficient (Wildman–Crippen LogP) is 11.7. The first-order valence-electron chi connectivity index (χ1n) is 21.8. The first kappa shape index (κ1) is 53.0. The Bertz CT molecular complexity index is 1080. The summed E-state index contributed by atoms with van der Waals surface area (Å²) in [5.41, 5.74) is 0. The molecule has 1 unspecified atom stereocenters. The number of phosphoric ester groups is 1. The summed E-state index contributed by atoms with van der Waals surface area (Å²) in [5, 5.41) is 0. The third-order valence-electron chi connectivity index (χ3n) is 9.07. The van der Waals surface area contributed by atoms with Crippen LogP contribution in [0.1, 0.15) is 174 Å². The van der Waals surface area contributed by atoms with Gasteiger partial charge in [0.25, 0.3) is 7.82 Å². The Hall–Kier alpha value is -2.03. The maximum atomic E-state index is 12.6. The second-order valence-electron chi connectivity index (χ2n) is 15.7. The second kappa shape index (κ2) is 37.5. The first-order valence-corrected chi connectivity index (χ1v) is 23.3. The van der Waals surface area contributed by atoms with Gasteiger partial charge < -0.3 is 27.9 Å². The lowest BCUT2D eigenvalue weighted by Gasteiger charge is -2.28. The summed E-state index contributed by atoms with van der Waals surface area (Å²) in [6.07, 6.45) is 42.9. The summed E-state index contributed by atoms with van der Waals surface area (Å²) in [5.74, 6) is -0.906. The number of unbranched alkanes of at least 4 members (excludes halogenated alkanes) is 17. The SMILES string of the molecule is CCCC/C=C/C/C=C/CCCCCCCC(=O)OC[C@H](COP(=O)([O-])OCC[N+](C)(C)C)OC(=O)CCC/C=C/C/C=C/CCCCCCCCCCC. The third-order valence-corrected chi connectivity index (χ3v) is 10.0. The molecule has 0 rings (SSSR count). The van der Waals surface area contributed by atoms with Gasteiger partial charge in [-0.15, -0.1) is 0 Å². The number of allylic oxidation sites excluding steroid dienone is 8. The maximum Gasteiger partial charge on any atom is 0.306 e. The highest BCUT2D eigenvalue weighted by atomic mass is 31.2. The van der Waals surface area contributed by atoms with E-state index in [0.717, 1.165) is 64.2 Å². The van der Waals surface area contributed by atoms with Crippen LogP contribution in [0.2, 0.25) is 0 Å². The summed E-state index contributed by atoms with van der Waals surface area (Å²) in [6.45, 7) is 4.11. The Kier molecular flexibility index (Phi) is 36.2. The quantitative estimate of drug-likeness (QED) is 0.0199. The minimum Gasteiger partial charge on any atom is -0.756 e. The van der Waals surface area contributed by atoms with E-state index in [0.29, 0.717) is 23.9 Å². The van der Waals surface area contributed by atoms with E-state index in [1.807, 2.05) is 21.1 Å². The number of hydrogen-bond acceptors (Lipinski definition) is 8. The Balaban J connectivity index is 4.46. The molecule has 0 N–H and O–H groups in total. The summed E-state index contributed by atoms with van der Waals surface area (Å²) in [7, 11) is 1.13. The van der Waals surface area contributed by atoms with Crippen molar-refractivity contribution in [2.75, 3.05) is 47.5 Å². The van der Waals surface area contributed by atoms with Crippen molar-refractivity contribution in [1.29, 1.82) is 0 Å². The molecule has 0 aliphatic rings. The van der Waals surface area contributed by atoms with Crippen LogP contribution in [0.15, 0.2) is 48.6 Å². The van der Waals surface area contributed by atoms with Gasteiger partial charge >= 0.3 is 11.9 Å². The minimum atomic E-state index is -4.64. The second-order valence-corrected chi connectivity index (χ2v) is 17.1. The number of phosphoric acid groups is 1. The van der Waals surface area contributed by atoms with Crippen LogP contribution in [0.5, 0.6) is 0 Å². The van der Waals surface area contributed by atoms with E-state index in [4.69, 9.17) is 18.5 Å². The van der Waals surface area contributed by atoms with Crippen LogP contribution in [0.3, 0.4) is 0 Å². The molecule has 0 bridgehead atoms. The molecule has 0 aromatic heterocycles. The number of ether oxygens (including phenoxy) is 2. The number of likely N-dealkylation sites (N-methyl/N-ethyl adjacent to an activating group) is 1. The van der Waals surface area contributed by atoms with Crippen molar-refractivity contribution in [3.05, 3.63) is 48.6 Å². The number of carbonyl (C=O) groups excluding carboxylic acids is 2. The molecule has 0 heterocycles. The largest absolute Gasteiger partial charge is 0.756 e. The van der Waals surface area contributed by atoms with E-state index in [9.17, 15) is 19.0 Å². The van der Waals surface area contributed by atoms with Crippen LogP contribution in [-0.4, -0.2) is 70.0 Å². The van der Waals surface area contributed by atoms with Gasteiger partial charge in [-0.1, -0.05) is 146 Å². The summed E-state index contributed by atoms with van der Waals surface area (Å²) in [6, 6.07) is 0. The maximum absolute atomic E-state index is 12.6. The lowest BCUT2D eigenvalue weighted by Crippen LogP contribution is -2.37. The molecule has 0 aromatic rings. The number of quaternary nitrogens is 1. The van der Waals surface area contributed by atoms with E-state index in [-0.39, 0.29) is 26.1 Å². The van der Waals surface area contributed by atoms with Gasteiger partial charge in [-0.05, 0) is 64.2 Å². The molecule has 2 atom stereocenters. The molecule has 0 aromatic carbocycles. The fourth-order valence-corrected chi connectivity index (χ4v) is 6.32. The number of nitrogens with zero attached hydrogens (tertiary/aromatic N) is 1. The average molecular weight is 796 g/mol. The first-order chi connectivity index (χ1) is 26.5. The zero-order chi connectivity index (χ0) is 40.7. The molecule has 0 fully saturated rings. The molecular weight excluding hydrogens is 713 g/mol. The molecule has 0 saturated carbocycles. The summed E-state index contributed by atoms with van der Waals surface area (Å²) in [4.78, 5) is 37.5. The van der Waals surface area contributed by atoms with Crippen LogP contribution in [-0.2, 0) is 32.7 Å². The van der Waals surface area contributed by atoms with Crippen LogP contribution < -0.4 is 4.89 Å². The molecule has 0 saturated heterocycles. The Morgan fingerprint density at radius 3 is 1.55 bits per heavy atom. The monoisotopic (exact) mass is 796 g/mol. The van der Waals surface area contributed by atoms with Gasteiger partial charge in [0.1, 0.15) is 19.8 Å². The van der Waals surface area contributed by atoms with Crippen molar-refractivity contribution in [3.8, 4) is 0 Å². The van der Waals surface area contributed by atoms with Crippen molar-refractivity contribution >= 4 is 19.8 Å². The highest BCUT2D eigenvalue weighted by molar-refractivity contribution is 7.45. The Morgan fingerprint density at radius 1 is 0.564 bits per heavy atom.